The Morgan fingerprint density at radius 3 is 2.43 bits per heavy atom. The number of hydrogen-bond acceptors (Lipinski definition) is 4. The molecule has 0 bridgehead atoms. The van der Waals surface area contributed by atoms with Gasteiger partial charge in [0.1, 0.15) is 18.7 Å². The lowest BCUT2D eigenvalue weighted by atomic mass is 9.90. The Hall–Kier alpha value is -3.67. The molecule has 0 saturated carbocycles. The van der Waals surface area contributed by atoms with Crippen LogP contribution in [0.15, 0.2) is 66.7 Å². The van der Waals surface area contributed by atoms with Gasteiger partial charge in [-0.25, -0.2) is 4.79 Å². The van der Waals surface area contributed by atoms with Crippen molar-refractivity contribution in [3.63, 3.8) is 0 Å². The molecule has 6 heteroatoms. The van der Waals surface area contributed by atoms with Crippen LogP contribution in [0.5, 0.6) is 0 Å². The predicted octanol–water partition coefficient (Wildman–Crippen LogP) is 3.66. The molecule has 6 nitrogen and oxygen atoms in total. The predicted molar refractivity (Wildman–Crippen MR) is 113 cm³/mol. The third-order valence-corrected chi connectivity index (χ3v) is 5.41. The number of esters is 1. The summed E-state index contributed by atoms with van der Waals surface area (Å²) >= 11 is 0. The fourth-order valence-corrected chi connectivity index (χ4v) is 3.56. The molecule has 1 atom stereocenters. The van der Waals surface area contributed by atoms with Crippen molar-refractivity contribution in [3.05, 3.63) is 83.4 Å². The lowest BCUT2D eigenvalue weighted by Gasteiger charge is -2.22. The van der Waals surface area contributed by atoms with Crippen LogP contribution in [0.25, 0.3) is 10.8 Å². The molecule has 3 aromatic rings. The molecule has 0 unspecified atom stereocenters. The van der Waals surface area contributed by atoms with Gasteiger partial charge in [0.15, 0.2) is 0 Å². The average Bonchev–Trinajstić information content (AvgIpc) is 2.97. The van der Waals surface area contributed by atoms with E-state index in [1.807, 2.05) is 73.7 Å². The van der Waals surface area contributed by atoms with Gasteiger partial charge in [0.05, 0.1) is 0 Å². The minimum atomic E-state index is -1.24. The van der Waals surface area contributed by atoms with E-state index in [0.29, 0.717) is 5.56 Å². The van der Waals surface area contributed by atoms with E-state index in [9.17, 15) is 14.4 Å². The summed E-state index contributed by atoms with van der Waals surface area (Å²) in [5, 5.41) is 4.73. The van der Waals surface area contributed by atoms with Crippen molar-refractivity contribution in [2.45, 2.75) is 26.0 Å². The second kappa shape index (κ2) is 7.63. The number of nitrogens with zero attached hydrogens (tertiary/aromatic N) is 1. The fourth-order valence-electron chi connectivity index (χ4n) is 3.56. The zero-order chi connectivity index (χ0) is 21.3. The van der Waals surface area contributed by atoms with Gasteiger partial charge >= 0.3 is 12.0 Å². The number of carbonyl (C=O) groups is 3. The molecule has 0 radical (unpaired) electrons. The Morgan fingerprint density at radius 1 is 1.00 bits per heavy atom. The lowest BCUT2D eigenvalue weighted by molar-refractivity contribution is -0.148. The number of imide groups is 1. The van der Waals surface area contributed by atoms with Crippen LogP contribution in [-0.4, -0.2) is 29.4 Å². The molecular weight excluding hydrogens is 380 g/mol. The smallest absolute Gasteiger partial charge is 0.326 e. The fraction of sp³-hybridized carbons (Fsp3) is 0.208. The van der Waals surface area contributed by atoms with Crippen molar-refractivity contribution < 1.29 is 19.1 Å². The van der Waals surface area contributed by atoms with Crippen molar-refractivity contribution in [2.75, 3.05) is 6.54 Å². The molecule has 3 aromatic carbocycles. The van der Waals surface area contributed by atoms with Gasteiger partial charge in [-0.05, 0) is 41.8 Å². The SMILES string of the molecule is Cc1ccc(COC(=O)CN2C(=O)N[C@](C)(c3ccc4ccccc4c3)C2=O)cc1. The molecule has 152 valence electrons. The van der Waals surface area contributed by atoms with Crippen LogP contribution in [0.3, 0.4) is 0 Å². The molecule has 4 rings (SSSR count). The molecule has 0 aromatic heterocycles. The molecule has 0 spiro atoms. The van der Waals surface area contributed by atoms with Gasteiger partial charge in [0, 0.05) is 0 Å². The Balaban J connectivity index is 1.47. The summed E-state index contributed by atoms with van der Waals surface area (Å²) in [6.07, 6.45) is 0. The highest BCUT2D eigenvalue weighted by Crippen LogP contribution is 2.31. The van der Waals surface area contributed by atoms with E-state index in [1.165, 1.54) is 0 Å². The lowest BCUT2D eigenvalue weighted by Crippen LogP contribution is -2.41. The van der Waals surface area contributed by atoms with Gasteiger partial charge in [-0.15, -0.1) is 0 Å². The van der Waals surface area contributed by atoms with Crippen LogP contribution in [0.1, 0.15) is 23.6 Å². The van der Waals surface area contributed by atoms with Crippen molar-refractivity contribution in [3.8, 4) is 0 Å². The number of nitrogens with one attached hydrogen (secondary N) is 1. The molecular formula is C24H22N2O4. The van der Waals surface area contributed by atoms with Crippen LogP contribution < -0.4 is 5.32 Å². The Kier molecular flexibility index (Phi) is 4.99. The monoisotopic (exact) mass is 402 g/mol. The highest BCUT2D eigenvalue weighted by atomic mass is 16.5. The first-order valence-electron chi connectivity index (χ1n) is 9.71. The van der Waals surface area contributed by atoms with E-state index < -0.39 is 30.0 Å². The molecule has 1 aliphatic heterocycles. The molecule has 1 fully saturated rings. The third-order valence-electron chi connectivity index (χ3n) is 5.41. The molecule has 3 amide bonds. The Bertz CT molecular complexity index is 1140. The van der Waals surface area contributed by atoms with Gasteiger partial charge in [-0.3, -0.25) is 14.5 Å². The van der Waals surface area contributed by atoms with E-state index in [0.717, 1.165) is 26.8 Å². The van der Waals surface area contributed by atoms with Crippen molar-refractivity contribution in [2.24, 2.45) is 0 Å². The largest absolute Gasteiger partial charge is 0.459 e. The van der Waals surface area contributed by atoms with E-state index in [1.54, 1.807) is 6.92 Å². The normalized spacial score (nSPS) is 18.5. The van der Waals surface area contributed by atoms with Crippen molar-refractivity contribution in [1.82, 2.24) is 10.2 Å². The number of carbonyl (C=O) groups excluding carboxylic acids is 3. The maximum Gasteiger partial charge on any atom is 0.326 e. The second-order valence-corrected chi connectivity index (χ2v) is 7.65. The van der Waals surface area contributed by atoms with Crippen LogP contribution >= 0.6 is 0 Å². The molecule has 30 heavy (non-hydrogen) atoms. The highest BCUT2D eigenvalue weighted by Gasteiger charge is 2.49. The van der Waals surface area contributed by atoms with E-state index in [-0.39, 0.29) is 6.61 Å². The van der Waals surface area contributed by atoms with Gasteiger partial charge in [0.25, 0.3) is 5.91 Å². The second-order valence-electron chi connectivity index (χ2n) is 7.65. The van der Waals surface area contributed by atoms with Crippen LogP contribution in [0.4, 0.5) is 4.79 Å². The van der Waals surface area contributed by atoms with Crippen molar-refractivity contribution in [1.29, 1.82) is 0 Å². The van der Waals surface area contributed by atoms with Gasteiger partial charge in [0.2, 0.25) is 0 Å². The maximum atomic E-state index is 13.1. The summed E-state index contributed by atoms with van der Waals surface area (Å²) in [4.78, 5) is 38.7. The number of amides is 3. The standard InChI is InChI=1S/C24H22N2O4/c1-16-7-9-17(10-8-16)15-30-21(27)14-26-22(28)24(2,25-23(26)29)20-12-11-18-5-3-4-6-19(18)13-20/h3-13H,14-15H2,1-2H3,(H,25,29)/t24-/m1/s1. The number of rotatable bonds is 5. The molecule has 1 saturated heterocycles. The molecule has 1 heterocycles. The van der Waals surface area contributed by atoms with E-state index >= 15 is 0 Å². The number of fused-ring (bicyclic) bond motifs is 1. The first-order valence-corrected chi connectivity index (χ1v) is 9.71. The van der Waals surface area contributed by atoms with E-state index in [2.05, 4.69) is 5.32 Å². The molecule has 0 aliphatic carbocycles. The van der Waals surface area contributed by atoms with Gasteiger partial charge in [-0.2, -0.15) is 0 Å². The third kappa shape index (κ3) is 3.64. The van der Waals surface area contributed by atoms with Crippen LogP contribution in [0.2, 0.25) is 0 Å². The summed E-state index contributed by atoms with van der Waals surface area (Å²) in [5.74, 6) is -1.11. The summed E-state index contributed by atoms with van der Waals surface area (Å²) in [5.41, 5.74) is 1.37. The first-order chi connectivity index (χ1) is 14.4. The number of aryl methyl sites for hydroxylation is 1. The summed E-state index contributed by atoms with van der Waals surface area (Å²) < 4.78 is 5.25. The van der Waals surface area contributed by atoms with Crippen LogP contribution in [0, 0.1) is 6.92 Å². The van der Waals surface area contributed by atoms with Gasteiger partial charge < -0.3 is 10.1 Å². The minimum absolute atomic E-state index is 0.0880. The Labute approximate surface area is 174 Å². The number of hydrogen-bond donors (Lipinski definition) is 1. The summed E-state index contributed by atoms with van der Waals surface area (Å²) in [6.45, 7) is 3.28. The summed E-state index contributed by atoms with van der Waals surface area (Å²) in [6, 6.07) is 20.4. The quantitative estimate of drug-likeness (QED) is 0.522. The molecule has 1 aliphatic rings. The Morgan fingerprint density at radius 2 is 1.70 bits per heavy atom. The number of benzene rings is 3. The average molecular weight is 402 g/mol. The van der Waals surface area contributed by atoms with Crippen LogP contribution in [-0.2, 0) is 26.5 Å². The highest BCUT2D eigenvalue weighted by molar-refractivity contribution is 6.09. The zero-order valence-corrected chi connectivity index (χ0v) is 16.8. The van der Waals surface area contributed by atoms with E-state index in [4.69, 9.17) is 4.74 Å². The minimum Gasteiger partial charge on any atom is -0.459 e. The summed E-state index contributed by atoms with van der Waals surface area (Å²) in [7, 11) is 0. The van der Waals surface area contributed by atoms with Gasteiger partial charge in [-0.1, -0.05) is 66.2 Å². The maximum absolute atomic E-state index is 13.1. The number of ether oxygens (including phenoxy) is 1. The first kappa shape index (κ1) is 19.6. The zero-order valence-electron chi connectivity index (χ0n) is 16.8. The van der Waals surface area contributed by atoms with Crippen molar-refractivity contribution >= 4 is 28.7 Å². The molecule has 1 N–H and O–H groups in total. The number of urea groups is 1. The topological polar surface area (TPSA) is 75.7 Å².